The molecule has 0 atom stereocenters. The largest absolute Gasteiger partial charge is 0.342 e. The van der Waals surface area contributed by atoms with Crippen LogP contribution in [0.2, 0.25) is 5.02 Å². The first-order valence-electron chi connectivity index (χ1n) is 5.53. The second kappa shape index (κ2) is 4.85. The lowest BCUT2D eigenvalue weighted by molar-refractivity contribution is 0.585. The molecular formula is C12H16ClN3. The number of para-hydroxylation sites is 1. The number of H-pyrrole nitrogens is 1. The van der Waals surface area contributed by atoms with E-state index in [2.05, 4.69) is 29.1 Å². The van der Waals surface area contributed by atoms with E-state index in [9.17, 15) is 0 Å². The number of aromatic amines is 1. The van der Waals surface area contributed by atoms with Gasteiger partial charge in [0.25, 0.3) is 0 Å². The summed E-state index contributed by atoms with van der Waals surface area (Å²) in [6, 6.07) is 6.29. The van der Waals surface area contributed by atoms with Gasteiger partial charge in [-0.25, -0.2) is 4.98 Å². The summed E-state index contributed by atoms with van der Waals surface area (Å²) >= 11 is 6.06. The van der Waals surface area contributed by atoms with Crippen LogP contribution in [-0.4, -0.2) is 22.6 Å². The summed E-state index contributed by atoms with van der Waals surface area (Å²) in [7, 11) is 0. The van der Waals surface area contributed by atoms with Gasteiger partial charge < -0.3 is 10.3 Å². The topological polar surface area (TPSA) is 40.7 Å². The number of rotatable bonds is 4. The van der Waals surface area contributed by atoms with Crippen molar-refractivity contribution in [2.45, 2.75) is 26.3 Å². The highest BCUT2D eigenvalue weighted by Crippen LogP contribution is 2.20. The van der Waals surface area contributed by atoms with Gasteiger partial charge in [-0.05, 0) is 12.1 Å². The van der Waals surface area contributed by atoms with Crippen LogP contribution in [0, 0.1) is 0 Å². The first kappa shape index (κ1) is 11.4. The minimum Gasteiger partial charge on any atom is -0.342 e. The molecule has 4 heteroatoms. The number of hydrogen-bond donors (Lipinski definition) is 2. The van der Waals surface area contributed by atoms with Crippen LogP contribution in [-0.2, 0) is 6.42 Å². The van der Waals surface area contributed by atoms with Crippen LogP contribution in [0.4, 0.5) is 0 Å². The van der Waals surface area contributed by atoms with Crippen molar-refractivity contribution in [1.29, 1.82) is 0 Å². The molecule has 1 heterocycles. The second-order valence-corrected chi connectivity index (χ2v) is 4.59. The Morgan fingerprint density at radius 3 is 2.94 bits per heavy atom. The third-order valence-corrected chi connectivity index (χ3v) is 2.73. The van der Waals surface area contributed by atoms with E-state index >= 15 is 0 Å². The molecule has 1 aromatic heterocycles. The maximum Gasteiger partial charge on any atom is 0.108 e. The Labute approximate surface area is 100 Å². The fourth-order valence-corrected chi connectivity index (χ4v) is 1.86. The molecule has 0 aliphatic carbocycles. The number of nitrogens with one attached hydrogen (secondary N) is 2. The normalized spacial score (nSPS) is 11.5. The quantitative estimate of drug-likeness (QED) is 0.859. The van der Waals surface area contributed by atoms with Gasteiger partial charge >= 0.3 is 0 Å². The van der Waals surface area contributed by atoms with Crippen molar-refractivity contribution in [3.05, 3.63) is 29.0 Å². The molecule has 0 aliphatic rings. The zero-order valence-corrected chi connectivity index (χ0v) is 10.3. The molecule has 2 aromatic rings. The fourth-order valence-electron chi connectivity index (χ4n) is 1.65. The highest BCUT2D eigenvalue weighted by molar-refractivity contribution is 6.34. The van der Waals surface area contributed by atoms with Gasteiger partial charge in [0, 0.05) is 19.0 Å². The van der Waals surface area contributed by atoms with E-state index in [0.29, 0.717) is 11.1 Å². The van der Waals surface area contributed by atoms with E-state index in [1.807, 2.05) is 18.2 Å². The molecular weight excluding hydrogens is 222 g/mol. The smallest absolute Gasteiger partial charge is 0.108 e. The summed E-state index contributed by atoms with van der Waals surface area (Å²) in [5.74, 6) is 0.983. The summed E-state index contributed by atoms with van der Waals surface area (Å²) in [5, 5.41) is 4.07. The first-order chi connectivity index (χ1) is 7.66. The van der Waals surface area contributed by atoms with Gasteiger partial charge in [0.15, 0.2) is 0 Å². The fraction of sp³-hybridized carbons (Fsp3) is 0.417. The summed E-state index contributed by atoms with van der Waals surface area (Å²) in [5.41, 5.74) is 1.87. The van der Waals surface area contributed by atoms with Gasteiger partial charge in [-0.1, -0.05) is 31.5 Å². The van der Waals surface area contributed by atoms with Crippen molar-refractivity contribution < 1.29 is 0 Å². The Hall–Kier alpha value is -1.06. The molecule has 86 valence electrons. The third-order valence-electron chi connectivity index (χ3n) is 2.43. The average Bonchev–Trinajstić information content (AvgIpc) is 2.61. The van der Waals surface area contributed by atoms with Gasteiger partial charge in [0.2, 0.25) is 0 Å². The molecule has 0 radical (unpaired) electrons. The van der Waals surface area contributed by atoms with Crippen molar-refractivity contribution in [2.75, 3.05) is 6.54 Å². The van der Waals surface area contributed by atoms with Crippen LogP contribution in [0.1, 0.15) is 19.7 Å². The third kappa shape index (κ3) is 2.54. The number of nitrogens with zero attached hydrogens (tertiary/aromatic N) is 1. The van der Waals surface area contributed by atoms with Crippen molar-refractivity contribution in [3.63, 3.8) is 0 Å². The second-order valence-electron chi connectivity index (χ2n) is 4.18. The Morgan fingerprint density at radius 1 is 1.44 bits per heavy atom. The van der Waals surface area contributed by atoms with Crippen LogP contribution in [0.25, 0.3) is 11.0 Å². The molecule has 0 fully saturated rings. The Kier molecular flexibility index (Phi) is 3.46. The molecule has 0 spiro atoms. The molecule has 1 aromatic carbocycles. The molecule has 0 bridgehead atoms. The minimum absolute atomic E-state index is 0.507. The minimum atomic E-state index is 0.507. The molecule has 0 saturated carbocycles. The molecule has 2 rings (SSSR count). The zero-order valence-electron chi connectivity index (χ0n) is 9.55. The van der Waals surface area contributed by atoms with Crippen LogP contribution < -0.4 is 5.32 Å². The Bertz CT molecular complexity index is 476. The summed E-state index contributed by atoms with van der Waals surface area (Å²) in [4.78, 5) is 7.76. The molecule has 3 nitrogen and oxygen atoms in total. The Morgan fingerprint density at radius 2 is 2.25 bits per heavy atom. The monoisotopic (exact) mass is 237 g/mol. The number of fused-ring (bicyclic) bond motifs is 1. The predicted octanol–water partition coefficient (Wildman–Crippen LogP) is 2.76. The van der Waals surface area contributed by atoms with Gasteiger partial charge in [-0.2, -0.15) is 0 Å². The number of halogens is 1. The molecule has 2 N–H and O–H groups in total. The maximum absolute atomic E-state index is 6.06. The van der Waals surface area contributed by atoms with E-state index in [1.165, 1.54) is 0 Å². The van der Waals surface area contributed by atoms with E-state index in [1.54, 1.807) is 0 Å². The molecule has 0 unspecified atom stereocenters. The van der Waals surface area contributed by atoms with Crippen LogP contribution in [0.5, 0.6) is 0 Å². The summed E-state index contributed by atoms with van der Waals surface area (Å²) in [6.45, 7) is 5.19. The van der Waals surface area contributed by atoms with Crippen molar-refractivity contribution in [3.8, 4) is 0 Å². The lowest BCUT2D eigenvalue weighted by Gasteiger charge is -2.05. The molecule has 0 amide bonds. The summed E-state index contributed by atoms with van der Waals surface area (Å²) < 4.78 is 0. The van der Waals surface area contributed by atoms with Gasteiger partial charge in [0.1, 0.15) is 11.3 Å². The number of imidazole rings is 1. The van der Waals surface area contributed by atoms with Gasteiger partial charge in [0.05, 0.1) is 10.5 Å². The highest BCUT2D eigenvalue weighted by atomic mass is 35.5. The van der Waals surface area contributed by atoms with Crippen molar-refractivity contribution in [2.24, 2.45) is 0 Å². The molecule has 0 saturated heterocycles. The average molecular weight is 238 g/mol. The predicted molar refractivity (Wildman–Crippen MR) is 67.9 cm³/mol. The standard InChI is InChI=1S/C12H16ClN3/c1-8(2)14-7-6-11-15-10-5-3-4-9(13)12(10)16-11/h3-5,8,14H,6-7H2,1-2H3,(H,15,16). The zero-order chi connectivity index (χ0) is 11.5. The lowest BCUT2D eigenvalue weighted by atomic mass is 10.3. The SMILES string of the molecule is CC(C)NCCc1nc2c(Cl)cccc2[nH]1. The van der Waals surface area contributed by atoms with E-state index < -0.39 is 0 Å². The van der Waals surface area contributed by atoms with Crippen molar-refractivity contribution in [1.82, 2.24) is 15.3 Å². The molecule has 0 aliphatic heterocycles. The van der Waals surface area contributed by atoms with E-state index in [0.717, 1.165) is 29.8 Å². The Balaban J connectivity index is 2.11. The van der Waals surface area contributed by atoms with E-state index in [-0.39, 0.29) is 0 Å². The highest BCUT2D eigenvalue weighted by Gasteiger charge is 2.05. The van der Waals surface area contributed by atoms with E-state index in [4.69, 9.17) is 11.6 Å². The summed E-state index contributed by atoms with van der Waals surface area (Å²) in [6.07, 6.45) is 0.892. The lowest BCUT2D eigenvalue weighted by Crippen LogP contribution is -2.25. The van der Waals surface area contributed by atoms with Gasteiger partial charge in [-0.3, -0.25) is 0 Å². The van der Waals surface area contributed by atoms with Crippen molar-refractivity contribution >= 4 is 22.6 Å². The number of hydrogen-bond acceptors (Lipinski definition) is 2. The number of benzene rings is 1. The number of aromatic nitrogens is 2. The van der Waals surface area contributed by atoms with Crippen LogP contribution in [0.15, 0.2) is 18.2 Å². The maximum atomic E-state index is 6.06. The van der Waals surface area contributed by atoms with Crippen LogP contribution in [0.3, 0.4) is 0 Å². The van der Waals surface area contributed by atoms with Crippen LogP contribution >= 0.6 is 11.6 Å². The molecule has 16 heavy (non-hydrogen) atoms. The van der Waals surface area contributed by atoms with Gasteiger partial charge in [-0.15, -0.1) is 0 Å². The first-order valence-corrected chi connectivity index (χ1v) is 5.91.